The quantitative estimate of drug-likeness (QED) is 0.743. The molecule has 1 aromatic carbocycles. The Balaban J connectivity index is 1.83. The van der Waals surface area contributed by atoms with E-state index in [4.69, 9.17) is 5.11 Å². The molecule has 0 aliphatic heterocycles. The Kier molecular flexibility index (Phi) is 3.72. The molecule has 0 spiro atoms. The Morgan fingerprint density at radius 2 is 2.19 bits per heavy atom. The smallest absolute Gasteiger partial charge is 0.345 e. The average Bonchev–Trinajstić information content (AvgIpc) is 2.96. The fraction of sp³-hybridized carbons (Fsp3) is 0.0769. The van der Waals surface area contributed by atoms with E-state index < -0.39 is 5.97 Å². The van der Waals surface area contributed by atoms with Crippen LogP contribution in [0.3, 0.4) is 0 Å². The number of thioether (sulfide) groups is 1. The molecule has 6 nitrogen and oxygen atoms in total. The molecule has 3 aromatic rings. The lowest BCUT2D eigenvalue weighted by Gasteiger charge is -2.03. The maximum atomic E-state index is 12.2. The molecule has 0 aliphatic rings. The molecule has 0 radical (unpaired) electrons. The van der Waals surface area contributed by atoms with Crippen molar-refractivity contribution in [3.8, 4) is 0 Å². The van der Waals surface area contributed by atoms with Crippen LogP contribution in [0.5, 0.6) is 0 Å². The van der Waals surface area contributed by atoms with Crippen molar-refractivity contribution in [2.75, 3.05) is 0 Å². The minimum Gasteiger partial charge on any atom is -0.477 e. The number of aromatic carboxylic acids is 1. The molecule has 1 N–H and O–H groups in total. The molecule has 0 amide bonds. The highest BCUT2D eigenvalue weighted by Gasteiger charge is 2.09. The number of carbonyl (C=O) groups is 1. The van der Waals surface area contributed by atoms with Gasteiger partial charge < -0.3 is 5.11 Å². The molecule has 0 bridgehead atoms. The predicted octanol–water partition coefficient (Wildman–Crippen LogP) is 2.30. The lowest BCUT2D eigenvalue weighted by molar-refractivity contribution is 0.0702. The van der Waals surface area contributed by atoms with Gasteiger partial charge in [0.25, 0.3) is 5.56 Å². The summed E-state index contributed by atoms with van der Waals surface area (Å²) in [6.45, 7) is 0. The first-order valence-corrected chi connectivity index (χ1v) is 7.79. The minimum atomic E-state index is -0.950. The van der Waals surface area contributed by atoms with Crippen LogP contribution >= 0.6 is 23.1 Å². The molecule has 2 aromatic heterocycles. The number of thiophene rings is 1. The van der Waals surface area contributed by atoms with Gasteiger partial charge in [-0.1, -0.05) is 17.3 Å². The topological polar surface area (TPSA) is 85.1 Å². The van der Waals surface area contributed by atoms with Crippen LogP contribution in [-0.2, 0) is 5.88 Å². The van der Waals surface area contributed by atoms with E-state index in [0.29, 0.717) is 10.9 Å². The summed E-state index contributed by atoms with van der Waals surface area (Å²) in [6.07, 6.45) is 0. The zero-order valence-corrected chi connectivity index (χ0v) is 12.2. The minimum absolute atomic E-state index is 0.207. The Bertz CT molecular complexity index is 872. The molecule has 3 rings (SSSR count). The van der Waals surface area contributed by atoms with E-state index in [1.807, 2.05) is 0 Å². The Hall–Kier alpha value is -2.19. The lowest BCUT2D eigenvalue weighted by Crippen LogP contribution is -2.23. The normalized spacial score (nSPS) is 10.9. The number of benzene rings is 1. The van der Waals surface area contributed by atoms with Crippen LogP contribution in [0, 0.1) is 0 Å². The second kappa shape index (κ2) is 5.66. The fourth-order valence-corrected chi connectivity index (χ4v) is 3.49. The first kappa shape index (κ1) is 13.8. The van der Waals surface area contributed by atoms with Gasteiger partial charge in [0.2, 0.25) is 0 Å². The van der Waals surface area contributed by atoms with Gasteiger partial charge in [-0.25, -0.2) is 9.48 Å². The number of nitrogens with zero attached hydrogens (tertiary/aromatic N) is 3. The van der Waals surface area contributed by atoms with Crippen molar-refractivity contribution in [1.82, 2.24) is 15.0 Å². The summed E-state index contributed by atoms with van der Waals surface area (Å²) in [7, 11) is 0. The third-order valence-electron chi connectivity index (χ3n) is 2.77. The number of hydrogen-bond donors (Lipinski definition) is 1. The van der Waals surface area contributed by atoms with Crippen LogP contribution < -0.4 is 5.56 Å². The van der Waals surface area contributed by atoms with E-state index >= 15 is 0 Å². The van der Waals surface area contributed by atoms with E-state index in [9.17, 15) is 9.59 Å². The van der Waals surface area contributed by atoms with Crippen molar-refractivity contribution < 1.29 is 9.90 Å². The predicted molar refractivity (Wildman–Crippen MR) is 80.9 cm³/mol. The van der Waals surface area contributed by atoms with Gasteiger partial charge >= 0.3 is 5.97 Å². The highest BCUT2D eigenvalue weighted by Crippen LogP contribution is 2.25. The molecule has 2 heterocycles. The maximum Gasteiger partial charge on any atom is 0.345 e. The fourth-order valence-electron chi connectivity index (χ4n) is 1.75. The van der Waals surface area contributed by atoms with Crippen molar-refractivity contribution in [2.24, 2.45) is 0 Å². The molecule has 0 saturated heterocycles. The van der Waals surface area contributed by atoms with Crippen molar-refractivity contribution >= 4 is 40.0 Å². The van der Waals surface area contributed by atoms with Crippen LogP contribution in [0.1, 0.15) is 9.67 Å². The van der Waals surface area contributed by atoms with Crippen LogP contribution in [0.4, 0.5) is 0 Å². The monoisotopic (exact) mass is 319 g/mol. The van der Waals surface area contributed by atoms with Gasteiger partial charge in [0.1, 0.15) is 10.4 Å². The van der Waals surface area contributed by atoms with Crippen molar-refractivity contribution in [1.29, 1.82) is 0 Å². The SMILES string of the molecule is O=C(O)c1cc(SCn2nnc3ccccc3c2=O)cs1. The first-order chi connectivity index (χ1) is 10.1. The third kappa shape index (κ3) is 2.81. The van der Waals surface area contributed by atoms with Crippen molar-refractivity contribution in [2.45, 2.75) is 10.8 Å². The third-order valence-corrected chi connectivity index (χ3v) is 4.78. The summed E-state index contributed by atoms with van der Waals surface area (Å²) in [5, 5.41) is 19.0. The Morgan fingerprint density at radius 3 is 2.95 bits per heavy atom. The molecule has 0 atom stereocenters. The molecular formula is C13H9N3O3S2. The molecule has 0 aliphatic carbocycles. The van der Waals surface area contributed by atoms with Crippen LogP contribution in [-0.4, -0.2) is 26.1 Å². The number of hydrogen-bond acceptors (Lipinski definition) is 6. The summed E-state index contributed by atoms with van der Waals surface area (Å²) in [5.74, 6) is -0.665. The van der Waals surface area contributed by atoms with Gasteiger partial charge in [-0.05, 0) is 18.2 Å². The molecule has 106 valence electrons. The molecule has 0 fully saturated rings. The highest BCUT2D eigenvalue weighted by molar-refractivity contribution is 7.98. The van der Waals surface area contributed by atoms with Gasteiger partial charge in [-0.3, -0.25) is 4.79 Å². The number of carboxylic acids is 1. The van der Waals surface area contributed by atoms with Gasteiger partial charge in [0.15, 0.2) is 0 Å². The summed E-state index contributed by atoms with van der Waals surface area (Å²) in [6, 6.07) is 8.60. The van der Waals surface area contributed by atoms with Crippen molar-refractivity contribution in [3.63, 3.8) is 0 Å². The number of fused-ring (bicyclic) bond motifs is 1. The van der Waals surface area contributed by atoms with E-state index in [-0.39, 0.29) is 16.3 Å². The molecule has 21 heavy (non-hydrogen) atoms. The standard InChI is InChI=1S/C13H9N3O3S2/c17-12-9-3-1-2-4-10(9)14-15-16(12)7-21-8-5-11(13(18)19)20-6-8/h1-6H,7H2,(H,18,19). The van der Waals surface area contributed by atoms with Gasteiger partial charge in [-0.15, -0.1) is 28.2 Å². The largest absolute Gasteiger partial charge is 0.477 e. The van der Waals surface area contributed by atoms with Crippen LogP contribution in [0.2, 0.25) is 0 Å². The molecule has 0 saturated carbocycles. The van der Waals surface area contributed by atoms with Crippen LogP contribution in [0.25, 0.3) is 10.9 Å². The number of rotatable bonds is 4. The Morgan fingerprint density at radius 1 is 1.38 bits per heavy atom. The van der Waals surface area contributed by atoms with Gasteiger partial charge in [-0.2, -0.15) is 0 Å². The summed E-state index contributed by atoms with van der Waals surface area (Å²) in [5.41, 5.74) is 0.356. The summed E-state index contributed by atoms with van der Waals surface area (Å²) < 4.78 is 1.27. The molecule has 8 heteroatoms. The summed E-state index contributed by atoms with van der Waals surface area (Å²) >= 11 is 2.50. The highest BCUT2D eigenvalue weighted by atomic mass is 32.2. The summed E-state index contributed by atoms with van der Waals surface area (Å²) in [4.78, 5) is 24.1. The molecular weight excluding hydrogens is 310 g/mol. The maximum absolute atomic E-state index is 12.2. The Labute approximate surface area is 127 Å². The van der Waals surface area contributed by atoms with E-state index in [0.717, 1.165) is 16.2 Å². The van der Waals surface area contributed by atoms with Crippen molar-refractivity contribution in [3.05, 3.63) is 50.9 Å². The first-order valence-electron chi connectivity index (χ1n) is 5.92. The number of aromatic nitrogens is 3. The van der Waals surface area contributed by atoms with E-state index in [1.165, 1.54) is 16.4 Å². The number of carboxylic acid groups (broad SMARTS) is 1. The second-order valence-electron chi connectivity index (χ2n) is 4.14. The van der Waals surface area contributed by atoms with E-state index in [2.05, 4.69) is 10.3 Å². The second-order valence-corrected chi connectivity index (χ2v) is 6.07. The van der Waals surface area contributed by atoms with Gasteiger partial charge in [0.05, 0.1) is 11.3 Å². The van der Waals surface area contributed by atoms with E-state index in [1.54, 1.807) is 35.7 Å². The lowest BCUT2D eigenvalue weighted by atomic mass is 10.2. The average molecular weight is 319 g/mol. The molecule has 0 unspecified atom stereocenters. The van der Waals surface area contributed by atoms with Gasteiger partial charge in [0, 0.05) is 10.3 Å². The zero-order chi connectivity index (χ0) is 14.8. The zero-order valence-electron chi connectivity index (χ0n) is 10.6. The van der Waals surface area contributed by atoms with Crippen LogP contribution in [0.15, 0.2) is 45.4 Å².